The van der Waals surface area contributed by atoms with Crippen LogP contribution in [0, 0.1) is 0 Å². The second kappa shape index (κ2) is 246. The average Bonchev–Trinajstić information content (AvgIpc) is 0. The summed E-state index contributed by atoms with van der Waals surface area (Å²) >= 11 is 0. The summed E-state index contributed by atoms with van der Waals surface area (Å²) in [7, 11) is 0. The SMILES string of the molecule is [AlH3].[AlH3].[AlH3].[AlH3].[AlH3].[AlH3].[AlH3].[AlH3].[AlH3].[AlH3].[AlH3].[AlH3].[AlH3].[GaH3].[GaH3].[GaH3].[GaH3].[GaH3].[GaH3].[GaH3].[GaH3].[GaH3].[GaH3].[Ir]. The van der Waals surface area contributed by atoms with Gasteiger partial charge in [0, 0.05) is 20.1 Å². The van der Waals surface area contributed by atoms with Crippen molar-refractivity contribution in [2.75, 3.05) is 0 Å². The van der Waals surface area contributed by atoms with E-state index in [0.717, 1.165) is 0 Å². The van der Waals surface area contributed by atoms with E-state index in [1.54, 1.807) is 0 Å². The molecule has 0 fully saturated rings. The predicted octanol–water partition coefficient (Wildman–Crippen LogP) is -27.2. The Hall–Kier alpha value is 13.9. The Morgan fingerprint density at radius 3 is 0.125 bits per heavy atom. The molecule has 0 nitrogen and oxygen atoms in total. The van der Waals surface area contributed by atoms with Crippen molar-refractivity contribution in [1.29, 1.82) is 0 Å². The fourth-order valence-electron chi connectivity index (χ4n) is 0. The summed E-state index contributed by atoms with van der Waals surface area (Å²) in [6.45, 7) is 0. The van der Waals surface area contributed by atoms with E-state index in [1.165, 1.54) is 0 Å². The molecule has 0 bridgehead atoms. The quantitative estimate of drug-likeness (QED) is 0.212. The monoisotopic (exact) mass is 1300 g/mol. The van der Waals surface area contributed by atoms with E-state index >= 15 is 0 Å². The van der Waals surface area contributed by atoms with Crippen LogP contribution in [0.2, 0.25) is 0 Å². The predicted molar refractivity (Wildman–Crippen MR) is 229 cm³/mol. The van der Waals surface area contributed by atoms with Crippen molar-refractivity contribution in [3.05, 3.63) is 0 Å². The minimum atomic E-state index is 0. The van der Waals surface area contributed by atoms with Gasteiger partial charge in [0.05, 0.1) is 0 Å². The molecule has 0 aliphatic rings. The third-order valence-corrected chi connectivity index (χ3v) is 0. The zero-order valence-corrected chi connectivity index (χ0v) is 2.73. The summed E-state index contributed by atoms with van der Waals surface area (Å²) in [5.41, 5.74) is 0. The zero-order valence-electron chi connectivity index (χ0n) is 0.333. The second-order valence-electron chi connectivity index (χ2n) is 0. The molecule has 0 aromatic carbocycles. The summed E-state index contributed by atoms with van der Waals surface area (Å²) < 4.78 is 0. The van der Waals surface area contributed by atoms with Gasteiger partial charge in [0.15, 0.2) is 226 Å². The van der Waals surface area contributed by atoms with Gasteiger partial charge >= 0.3 is 198 Å². The molecule has 0 saturated heterocycles. The van der Waals surface area contributed by atoms with Gasteiger partial charge in [-0.3, -0.25) is 0 Å². The maximum atomic E-state index is 0. The van der Waals surface area contributed by atoms with Gasteiger partial charge in [0.2, 0.25) is 0 Å². The van der Waals surface area contributed by atoms with Gasteiger partial charge in [-0.2, -0.15) is 0 Å². The molecule has 0 aromatic rings. The fourth-order valence-corrected chi connectivity index (χ4v) is 0. The van der Waals surface area contributed by atoms with Crippen molar-refractivity contribution in [3.63, 3.8) is 0 Å². The third-order valence-electron chi connectivity index (χ3n) is 0. The molecule has 0 spiro atoms. The molecule has 24 heteroatoms. The third kappa shape index (κ3) is 226. The molecule has 147 valence electrons. The Bertz CT molecular complexity index is 28.7. The van der Waals surface area contributed by atoms with Crippen molar-refractivity contribution in [1.82, 2.24) is 0 Å². The van der Waals surface area contributed by atoms with E-state index in [1.807, 2.05) is 0 Å². The molecular weight excluding hydrogens is 1240 g/mol. The van der Waals surface area contributed by atoms with Crippen LogP contribution < -0.4 is 0 Å². The van der Waals surface area contributed by atoms with Crippen LogP contribution in [0.4, 0.5) is 0 Å². The Balaban J connectivity index is 0. The first-order chi connectivity index (χ1) is 0. The minimum absolute atomic E-state index is 0. The van der Waals surface area contributed by atoms with Crippen LogP contribution in [-0.4, -0.2) is 424 Å². The smallest absolute Gasteiger partial charge is 0 e. The Morgan fingerprint density at radius 1 is 0.125 bits per heavy atom. The van der Waals surface area contributed by atoms with Crippen molar-refractivity contribution in [3.8, 4) is 0 Å². The molecule has 1 radical (unpaired) electrons. The van der Waals surface area contributed by atoms with E-state index in [0.29, 0.717) is 0 Å². The van der Waals surface area contributed by atoms with Crippen LogP contribution in [0.3, 0.4) is 0 Å². The van der Waals surface area contributed by atoms with Crippen LogP contribution in [-0.2, 0) is 20.1 Å². The van der Waals surface area contributed by atoms with E-state index in [4.69, 9.17) is 0 Å². The topological polar surface area (TPSA) is 0 Å². The molecule has 24 heavy (non-hydrogen) atoms. The Kier molecular flexibility index (Phi) is 2730. The number of rotatable bonds is 0. The number of hydrogen-bond acceptors (Lipinski definition) is 0. The second-order valence-corrected chi connectivity index (χ2v) is 0. The maximum absolute atomic E-state index is 0. The number of hydrogen-bond donors (Lipinski definition) is 0. The molecule has 0 aromatic heterocycles. The van der Waals surface area contributed by atoms with Crippen molar-refractivity contribution >= 4 is 424 Å². The Labute approximate surface area is 432 Å². The Morgan fingerprint density at radius 2 is 0.125 bits per heavy atom. The van der Waals surface area contributed by atoms with Gasteiger partial charge < -0.3 is 0 Å². The van der Waals surface area contributed by atoms with Crippen LogP contribution in [0.1, 0.15) is 0 Å². The van der Waals surface area contributed by atoms with E-state index in [9.17, 15) is 0 Å². The van der Waals surface area contributed by atoms with Crippen molar-refractivity contribution in [2.45, 2.75) is 0 Å². The first-order valence-corrected chi connectivity index (χ1v) is 0. The fraction of sp³-hybridized carbons (Fsp3) is 0. The molecule has 0 aliphatic carbocycles. The molecule has 0 heterocycles. The minimum Gasteiger partial charge on any atom is 0 e. The normalized spacial score (nSPS) is 0. The zero-order chi connectivity index (χ0) is 0. The summed E-state index contributed by atoms with van der Waals surface area (Å²) in [6, 6.07) is 0. The maximum Gasteiger partial charge on any atom is 0 e. The van der Waals surface area contributed by atoms with Gasteiger partial charge in [0.1, 0.15) is 0 Å². The van der Waals surface area contributed by atoms with Gasteiger partial charge in [-0.15, -0.1) is 0 Å². The van der Waals surface area contributed by atoms with Crippen LogP contribution in [0.5, 0.6) is 0 Å². The first-order valence-electron chi connectivity index (χ1n) is 0. The van der Waals surface area contributed by atoms with Gasteiger partial charge in [0.25, 0.3) is 0 Å². The van der Waals surface area contributed by atoms with E-state index in [-0.39, 0.29) is 444 Å². The molecule has 0 unspecified atom stereocenters. The molecule has 0 N–H and O–H groups in total. The van der Waals surface area contributed by atoms with Crippen LogP contribution >= 0.6 is 0 Å². The van der Waals surface area contributed by atoms with Crippen molar-refractivity contribution in [2.24, 2.45) is 0 Å². The van der Waals surface area contributed by atoms with Crippen LogP contribution in [0.25, 0.3) is 0 Å². The summed E-state index contributed by atoms with van der Waals surface area (Å²) in [5, 5.41) is 0. The van der Waals surface area contributed by atoms with Gasteiger partial charge in [-0.1, -0.05) is 0 Å². The molecule has 0 aliphatic heterocycles. The van der Waals surface area contributed by atoms with Crippen LogP contribution in [0.15, 0.2) is 0 Å². The van der Waals surface area contributed by atoms with E-state index < -0.39 is 0 Å². The first kappa shape index (κ1) is 267. The largest absolute Gasteiger partial charge is 0 e. The standard InChI is InChI=1S/13Al.10Ga.Ir.69H. The molecule has 0 saturated carbocycles. The summed E-state index contributed by atoms with van der Waals surface area (Å²) in [5.74, 6) is 0. The molecule has 0 amide bonds. The molecule has 0 atom stereocenters. The summed E-state index contributed by atoms with van der Waals surface area (Å²) in [6.07, 6.45) is 0. The summed E-state index contributed by atoms with van der Waals surface area (Å²) in [4.78, 5) is 0. The van der Waals surface area contributed by atoms with Gasteiger partial charge in [-0.25, -0.2) is 0 Å². The average molecular weight is 1310 g/mol. The van der Waals surface area contributed by atoms with Gasteiger partial charge in [-0.05, 0) is 0 Å². The van der Waals surface area contributed by atoms with Crippen molar-refractivity contribution < 1.29 is 20.1 Å². The molecule has 0 rings (SSSR count). The molecular formula is H69Al13Ga10Ir. The van der Waals surface area contributed by atoms with E-state index in [2.05, 4.69) is 0 Å².